The quantitative estimate of drug-likeness (QED) is 0.626. The standard InChI is InChI=1S/C11H20N4O2.2C2H6/c1-9(13-14-12-3)4-5-11(16)15-6-7-17-10(2)8-15;2*1-2/h10H,1,4-8H2,2-3H3,(H,12,13);2*1-2H3. The lowest BCUT2D eigenvalue weighted by molar-refractivity contribution is -0.138. The van der Waals surface area contributed by atoms with Crippen LogP contribution in [0.1, 0.15) is 47.5 Å². The first-order valence-corrected chi connectivity index (χ1v) is 7.75. The van der Waals surface area contributed by atoms with E-state index in [0.717, 1.165) is 0 Å². The summed E-state index contributed by atoms with van der Waals surface area (Å²) in [6.07, 6.45) is 1.14. The minimum absolute atomic E-state index is 0.128. The van der Waals surface area contributed by atoms with Gasteiger partial charge in [-0.3, -0.25) is 10.2 Å². The largest absolute Gasteiger partial charge is 0.375 e. The van der Waals surface area contributed by atoms with Crippen LogP contribution < -0.4 is 5.43 Å². The third kappa shape index (κ3) is 11.0. The summed E-state index contributed by atoms with van der Waals surface area (Å²) in [4.78, 5) is 13.7. The first-order chi connectivity index (χ1) is 10.1. The molecule has 1 saturated heterocycles. The van der Waals surface area contributed by atoms with Gasteiger partial charge < -0.3 is 9.64 Å². The number of rotatable bonds is 5. The Morgan fingerprint density at radius 1 is 1.33 bits per heavy atom. The van der Waals surface area contributed by atoms with Crippen LogP contribution in [0.5, 0.6) is 0 Å². The number of ether oxygens (including phenoxy) is 1. The van der Waals surface area contributed by atoms with E-state index in [1.807, 2.05) is 39.5 Å². The van der Waals surface area contributed by atoms with Crippen LogP contribution in [-0.4, -0.2) is 43.7 Å². The fourth-order valence-corrected chi connectivity index (χ4v) is 1.64. The van der Waals surface area contributed by atoms with E-state index in [1.54, 1.807) is 7.05 Å². The van der Waals surface area contributed by atoms with Crippen molar-refractivity contribution in [2.75, 3.05) is 26.7 Å². The summed E-state index contributed by atoms with van der Waals surface area (Å²) in [7, 11) is 1.57. The molecule has 1 fully saturated rings. The highest BCUT2D eigenvalue weighted by atomic mass is 16.5. The summed E-state index contributed by atoms with van der Waals surface area (Å²) in [6.45, 7) is 15.7. The zero-order valence-electron chi connectivity index (χ0n) is 14.5. The molecule has 6 heteroatoms. The Morgan fingerprint density at radius 3 is 2.48 bits per heavy atom. The van der Waals surface area contributed by atoms with Crippen molar-refractivity contribution in [2.24, 2.45) is 10.3 Å². The van der Waals surface area contributed by atoms with Gasteiger partial charge in [-0.2, -0.15) is 5.11 Å². The van der Waals surface area contributed by atoms with Crippen molar-refractivity contribution in [1.82, 2.24) is 10.3 Å². The van der Waals surface area contributed by atoms with E-state index in [4.69, 9.17) is 4.74 Å². The zero-order valence-corrected chi connectivity index (χ0v) is 14.5. The third-order valence-electron chi connectivity index (χ3n) is 2.54. The van der Waals surface area contributed by atoms with Gasteiger partial charge in [0.05, 0.1) is 19.8 Å². The Morgan fingerprint density at radius 2 is 1.95 bits per heavy atom. The van der Waals surface area contributed by atoms with Gasteiger partial charge >= 0.3 is 0 Å². The van der Waals surface area contributed by atoms with Crippen LogP contribution in [0.2, 0.25) is 0 Å². The molecular formula is C15H32N4O2. The molecule has 21 heavy (non-hydrogen) atoms. The predicted molar refractivity (Wildman–Crippen MR) is 87.0 cm³/mol. The van der Waals surface area contributed by atoms with Crippen molar-refractivity contribution in [2.45, 2.75) is 53.6 Å². The number of carbonyl (C=O) groups excluding carboxylic acids is 1. The summed E-state index contributed by atoms with van der Waals surface area (Å²) < 4.78 is 5.39. The number of nitrogens with zero attached hydrogens (tertiary/aromatic N) is 3. The smallest absolute Gasteiger partial charge is 0.223 e. The van der Waals surface area contributed by atoms with Crippen LogP contribution in [0.3, 0.4) is 0 Å². The summed E-state index contributed by atoms with van der Waals surface area (Å²) in [6, 6.07) is 0. The summed E-state index contributed by atoms with van der Waals surface area (Å²) in [5.41, 5.74) is 3.37. The van der Waals surface area contributed by atoms with Crippen molar-refractivity contribution in [3.05, 3.63) is 12.3 Å². The summed E-state index contributed by atoms with van der Waals surface area (Å²) >= 11 is 0. The van der Waals surface area contributed by atoms with Crippen LogP contribution in [0.25, 0.3) is 0 Å². The fourth-order valence-electron chi connectivity index (χ4n) is 1.64. The number of carbonyl (C=O) groups is 1. The monoisotopic (exact) mass is 300 g/mol. The molecule has 0 aromatic rings. The molecule has 1 unspecified atom stereocenters. The molecule has 1 aliphatic heterocycles. The molecule has 0 aliphatic carbocycles. The highest BCUT2D eigenvalue weighted by molar-refractivity contribution is 5.76. The van der Waals surface area contributed by atoms with Crippen LogP contribution >= 0.6 is 0 Å². The molecular weight excluding hydrogens is 268 g/mol. The van der Waals surface area contributed by atoms with Gasteiger partial charge in [0.15, 0.2) is 0 Å². The Balaban J connectivity index is 0. The van der Waals surface area contributed by atoms with Gasteiger partial charge in [-0.15, -0.1) is 0 Å². The van der Waals surface area contributed by atoms with Gasteiger partial charge in [0.25, 0.3) is 0 Å². The lowest BCUT2D eigenvalue weighted by Crippen LogP contribution is -2.44. The number of hydrogen-bond donors (Lipinski definition) is 1. The second-order valence-electron chi connectivity index (χ2n) is 4.04. The first-order valence-electron chi connectivity index (χ1n) is 7.75. The van der Waals surface area contributed by atoms with Gasteiger partial charge in [0.1, 0.15) is 0 Å². The zero-order chi connectivity index (χ0) is 16.7. The van der Waals surface area contributed by atoms with Crippen LogP contribution in [-0.2, 0) is 9.53 Å². The lowest BCUT2D eigenvalue weighted by Gasteiger charge is -2.31. The molecule has 0 spiro atoms. The van der Waals surface area contributed by atoms with Crippen molar-refractivity contribution < 1.29 is 9.53 Å². The maximum atomic E-state index is 11.9. The number of amides is 1. The van der Waals surface area contributed by atoms with E-state index in [9.17, 15) is 4.79 Å². The van der Waals surface area contributed by atoms with E-state index in [1.165, 1.54) is 0 Å². The Labute approximate surface area is 129 Å². The van der Waals surface area contributed by atoms with Gasteiger partial charge in [0, 0.05) is 25.2 Å². The third-order valence-corrected chi connectivity index (χ3v) is 2.54. The van der Waals surface area contributed by atoms with Gasteiger partial charge in [-0.25, -0.2) is 0 Å². The van der Waals surface area contributed by atoms with Gasteiger partial charge in [-0.1, -0.05) is 39.5 Å². The van der Waals surface area contributed by atoms with E-state index in [2.05, 4.69) is 22.3 Å². The maximum Gasteiger partial charge on any atom is 0.223 e. The molecule has 1 atom stereocenters. The summed E-state index contributed by atoms with van der Waals surface area (Å²) in [5, 5.41) is 7.15. The van der Waals surface area contributed by atoms with E-state index in [-0.39, 0.29) is 12.0 Å². The SMILES string of the molecule is C=C(CCC(=O)N1CCOC(C)C1)NN=NC.CC.CC. The molecule has 1 rings (SSSR count). The minimum Gasteiger partial charge on any atom is -0.375 e. The van der Waals surface area contributed by atoms with Crippen LogP contribution in [0.4, 0.5) is 0 Å². The van der Waals surface area contributed by atoms with Gasteiger partial charge in [0.2, 0.25) is 5.91 Å². The number of hydrogen-bond acceptors (Lipinski definition) is 4. The van der Waals surface area contributed by atoms with Crippen molar-refractivity contribution >= 4 is 5.91 Å². The van der Waals surface area contributed by atoms with Crippen molar-refractivity contribution in [3.8, 4) is 0 Å². The van der Waals surface area contributed by atoms with Crippen molar-refractivity contribution in [1.29, 1.82) is 0 Å². The average molecular weight is 300 g/mol. The average Bonchev–Trinajstić information content (AvgIpc) is 2.54. The molecule has 1 aliphatic rings. The second-order valence-corrected chi connectivity index (χ2v) is 4.04. The topological polar surface area (TPSA) is 66.3 Å². The minimum atomic E-state index is 0.128. The molecule has 0 aromatic heterocycles. The van der Waals surface area contributed by atoms with Gasteiger partial charge in [-0.05, 0) is 13.3 Å². The molecule has 124 valence electrons. The highest BCUT2D eigenvalue weighted by Crippen LogP contribution is 2.08. The molecule has 0 bridgehead atoms. The van der Waals surface area contributed by atoms with E-state index in [0.29, 0.717) is 38.2 Å². The van der Waals surface area contributed by atoms with Crippen molar-refractivity contribution in [3.63, 3.8) is 0 Å². The summed E-state index contributed by atoms with van der Waals surface area (Å²) in [5.74, 6) is 0.136. The normalized spacial score (nSPS) is 17.2. The predicted octanol–water partition coefficient (Wildman–Crippen LogP) is 3.17. The molecule has 6 nitrogen and oxygen atoms in total. The Hall–Kier alpha value is -1.43. The number of morpholine rings is 1. The van der Waals surface area contributed by atoms with E-state index < -0.39 is 0 Å². The Bertz CT molecular complexity index is 306. The second kappa shape index (κ2) is 15.0. The lowest BCUT2D eigenvalue weighted by atomic mass is 10.2. The number of nitrogens with one attached hydrogen (secondary N) is 1. The highest BCUT2D eigenvalue weighted by Gasteiger charge is 2.20. The van der Waals surface area contributed by atoms with Crippen LogP contribution in [0, 0.1) is 0 Å². The maximum absolute atomic E-state index is 11.9. The molecule has 1 N–H and O–H groups in total. The molecule has 0 aromatic carbocycles. The molecule has 0 radical (unpaired) electrons. The Kier molecular flexibility index (Phi) is 15.6. The van der Waals surface area contributed by atoms with E-state index >= 15 is 0 Å². The van der Waals surface area contributed by atoms with Crippen LogP contribution in [0.15, 0.2) is 22.6 Å². The molecule has 1 heterocycles. The number of allylic oxidation sites excluding steroid dienone is 1. The fraction of sp³-hybridized carbons (Fsp3) is 0.800. The first kappa shape index (κ1) is 21.9. The molecule has 1 amide bonds. The molecule has 0 saturated carbocycles.